The standard InChI is InChI=1S/C10H17BrN2O3S2/c1-10(2,16-3)6-13-18(14,15)8-4-7(5-12)17-9(8)11/h4,13H,5-6,12H2,1-3H3. The molecule has 1 heterocycles. The molecule has 8 heteroatoms. The van der Waals surface area contributed by atoms with Crippen LogP contribution >= 0.6 is 27.3 Å². The average molecular weight is 357 g/mol. The molecule has 104 valence electrons. The molecule has 0 radical (unpaired) electrons. The Morgan fingerprint density at radius 1 is 1.56 bits per heavy atom. The maximum absolute atomic E-state index is 12.1. The van der Waals surface area contributed by atoms with Gasteiger partial charge >= 0.3 is 0 Å². The Morgan fingerprint density at radius 2 is 2.17 bits per heavy atom. The van der Waals surface area contributed by atoms with Crippen molar-refractivity contribution in [1.29, 1.82) is 0 Å². The smallest absolute Gasteiger partial charge is 0.242 e. The predicted molar refractivity (Wildman–Crippen MR) is 76.2 cm³/mol. The molecular formula is C10H17BrN2O3S2. The van der Waals surface area contributed by atoms with Gasteiger partial charge in [0.15, 0.2) is 0 Å². The van der Waals surface area contributed by atoms with Crippen LogP contribution in [0.1, 0.15) is 18.7 Å². The first-order chi connectivity index (χ1) is 8.22. The fraction of sp³-hybridized carbons (Fsp3) is 0.600. The van der Waals surface area contributed by atoms with Crippen molar-refractivity contribution >= 4 is 37.3 Å². The largest absolute Gasteiger partial charge is 0.377 e. The van der Waals surface area contributed by atoms with Crippen LogP contribution in [0, 0.1) is 0 Å². The van der Waals surface area contributed by atoms with Gasteiger partial charge in [-0.3, -0.25) is 0 Å². The van der Waals surface area contributed by atoms with E-state index in [1.54, 1.807) is 13.2 Å². The van der Waals surface area contributed by atoms with Gasteiger partial charge in [0.1, 0.15) is 4.90 Å². The van der Waals surface area contributed by atoms with E-state index < -0.39 is 15.6 Å². The normalized spacial score (nSPS) is 12.9. The lowest BCUT2D eigenvalue weighted by atomic mass is 10.1. The first-order valence-electron chi connectivity index (χ1n) is 5.25. The van der Waals surface area contributed by atoms with Gasteiger partial charge in [-0.25, -0.2) is 13.1 Å². The van der Waals surface area contributed by atoms with Crippen LogP contribution in [-0.4, -0.2) is 27.7 Å². The van der Waals surface area contributed by atoms with E-state index in [4.69, 9.17) is 10.5 Å². The van der Waals surface area contributed by atoms with Crippen molar-refractivity contribution in [3.8, 4) is 0 Å². The molecule has 0 fully saturated rings. The van der Waals surface area contributed by atoms with Gasteiger partial charge in [-0.1, -0.05) is 0 Å². The molecule has 1 rings (SSSR count). The van der Waals surface area contributed by atoms with Gasteiger partial charge < -0.3 is 10.5 Å². The van der Waals surface area contributed by atoms with E-state index in [9.17, 15) is 8.42 Å². The van der Waals surface area contributed by atoms with E-state index in [1.165, 1.54) is 11.3 Å². The summed E-state index contributed by atoms with van der Waals surface area (Å²) in [5.41, 5.74) is 4.95. The molecule has 0 amide bonds. The summed E-state index contributed by atoms with van der Waals surface area (Å²) in [5.74, 6) is 0. The molecule has 0 saturated carbocycles. The van der Waals surface area contributed by atoms with Crippen molar-refractivity contribution in [2.75, 3.05) is 13.7 Å². The van der Waals surface area contributed by atoms with Gasteiger partial charge in [-0.15, -0.1) is 11.3 Å². The molecule has 0 atom stereocenters. The zero-order chi connectivity index (χ0) is 14.0. The highest BCUT2D eigenvalue weighted by Crippen LogP contribution is 2.31. The second-order valence-corrected chi connectivity index (χ2v) is 8.53. The van der Waals surface area contributed by atoms with Crippen LogP contribution in [-0.2, 0) is 21.3 Å². The Bertz CT molecular complexity index is 511. The fourth-order valence-corrected chi connectivity index (χ4v) is 4.86. The molecule has 1 aromatic rings. The molecule has 0 saturated heterocycles. The number of hydrogen-bond acceptors (Lipinski definition) is 5. The SMILES string of the molecule is COC(C)(C)CNS(=O)(=O)c1cc(CN)sc1Br. The maximum Gasteiger partial charge on any atom is 0.242 e. The lowest BCUT2D eigenvalue weighted by Crippen LogP contribution is -2.39. The second-order valence-electron chi connectivity index (χ2n) is 4.34. The summed E-state index contributed by atoms with van der Waals surface area (Å²) in [6.45, 7) is 4.14. The van der Waals surface area contributed by atoms with E-state index in [1.807, 2.05) is 13.8 Å². The summed E-state index contributed by atoms with van der Waals surface area (Å²) < 4.78 is 32.5. The Hall–Kier alpha value is 0.01000. The number of rotatable bonds is 6. The fourth-order valence-electron chi connectivity index (χ4n) is 1.10. The molecule has 0 aliphatic carbocycles. The van der Waals surface area contributed by atoms with Crippen LogP contribution < -0.4 is 10.5 Å². The molecule has 18 heavy (non-hydrogen) atoms. The van der Waals surface area contributed by atoms with Gasteiger partial charge in [0.05, 0.1) is 9.39 Å². The Morgan fingerprint density at radius 3 is 2.61 bits per heavy atom. The highest BCUT2D eigenvalue weighted by Gasteiger charge is 2.24. The minimum atomic E-state index is -3.55. The Kier molecular flexibility index (Phi) is 5.33. The van der Waals surface area contributed by atoms with E-state index in [0.717, 1.165) is 4.88 Å². The number of hydrogen-bond donors (Lipinski definition) is 2. The first-order valence-corrected chi connectivity index (χ1v) is 8.34. The average Bonchev–Trinajstić information content (AvgIpc) is 2.69. The molecule has 0 spiro atoms. The third kappa shape index (κ3) is 4.01. The number of thiophene rings is 1. The van der Waals surface area contributed by atoms with Crippen LogP contribution in [0.15, 0.2) is 14.7 Å². The molecule has 0 unspecified atom stereocenters. The molecular weight excluding hydrogens is 340 g/mol. The zero-order valence-electron chi connectivity index (χ0n) is 10.5. The topological polar surface area (TPSA) is 81.4 Å². The minimum Gasteiger partial charge on any atom is -0.377 e. The highest BCUT2D eigenvalue weighted by molar-refractivity contribution is 9.11. The van der Waals surface area contributed by atoms with Gasteiger partial charge in [0, 0.05) is 25.1 Å². The van der Waals surface area contributed by atoms with Crippen LogP contribution in [0.4, 0.5) is 0 Å². The third-order valence-electron chi connectivity index (χ3n) is 2.44. The molecule has 0 aliphatic rings. The van der Waals surface area contributed by atoms with Gasteiger partial charge in [-0.05, 0) is 35.8 Å². The first kappa shape index (κ1) is 16.1. The van der Waals surface area contributed by atoms with Crippen LogP contribution in [0.2, 0.25) is 0 Å². The second kappa shape index (κ2) is 5.98. The number of halogens is 1. The summed E-state index contributed by atoms with van der Waals surface area (Å²) >= 11 is 4.57. The summed E-state index contributed by atoms with van der Waals surface area (Å²) in [6, 6.07) is 1.58. The van der Waals surface area contributed by atoms with E-state index >= 15 is 0 Å². The van der Waals surface area contributed by atoms with E-state index in [2.05, 4.69) is 20.7 Å². The summed E-state index contributed by atoms with van der Waals surface area (Å²) in [4.78, 5) is 1.04. The number of methoxy groups -OCH3 is 1. The quantitative estimate of drug-likeness (QED) is 0.812. The molecule has 0 aromatic carbocycles. The predicted octanol–water partition coefficient (Wildman–Crippen LogP) is 1.67. The van der Waals surface area contributed by atoms with Crippen molar-refractivity contribution in [2.45, 2.75) is 30.9 Å². The van der Waals surface area contributed by atoms with E-state index in [-0.39, 0.29) is 11.4 Å². The third-order valence-corrected chi connectivity index (χ3v) is 6.11. The molecule has 0 bridgehead atoms. The van der Waals surface area contributed by atoms with Crippen molar-refractivity contribution in [1.82, 2.24) is 4.72 Å². The van der Waals surface area contributed by atoms with Crippen LogP contribution in [0.3, 0.4) is 0 Å². The highest BCUT2D eigenvalue weighted by atomic mass is 79.9. The van der Waals surface area contributed by atoms with Gasteiger partial charge in [0.2, 0.25) is 10.0 Å². The minimum absolute atomic E-state index is 0.200. The van der Waals surface area contributed by atoms with Crippen molar-refractivity contribution < 1.29 is 13.2 Å². The lowest BCUT2D eigenvalue weighted by Gasteiger charge is -2.22. The number of nitrogens with one attached hydrogen (secondary N) is 1. The molecule has 3 N–H and O–H groups in total. The van der Waals surface area contributed by atoms with Gasteiger partial charge in [-0.2, -0.15) is 0 Å². The summed E-state index contributed by atoms with van der Waals surface area (Å²) in [7, 11) is -2.00. The number of nitrogens with two attached hydrogens (primary N) is 1. The number of ether oxygens (including phenoxy) is 1. The van der Waals surface area contributed by atoms with Crippen molar-refractivity contribution in [2.24, 2.45) is 5.73 Å². The van der Waals surface area contributed by atoms with Crippen LogP contribution in [0.5, 0.6) is 0 Å². The zero-order valence-corrected chi connectivity index (χ0v) is 13.7. The van der Waals surface area contributed by atoms with Gasteiger partial charge in [0.25, 0.3) is 0 Å². The number of sulfonamides is 1. The lowest BCUT2D eigenvalue weighted by molar-refractivity contribution is 0.0276. The van der Waals surface area contributed by atoms with E-state index in [0.29, 0.717) is 10.3 Å². The summed E-state index contributed by atoms with van der Waals surface area (Å²) in [5, 5.41) is 0. The molecule has 5 nitrogen and oxygen atoms in total. The Balaban J connectivity index is 2.90. The van der Waals surface area contributed by atoms with Crippen molar-refractivity contribution in [3.05, 3.63) is 14.7 Å². The molecule has 0 aliphatic heterocycles. The Labute approximate surface area is 120 Å². The van der Waals surface area contributed by atoms with Crippen molar-refractivity contribution in [3.63, 3.8) is 0 Å². The van der Waals surface area contributed by atoms with Crippen LogP contribution in [0.25, 0.3) is 0 Å². The monoisotopic (exact) mass is 356 g/mol. The molecule has 1 aromatic heterocycles. The maximum atomic E-state index is 12.1. The summed E-state index contributed by atoms with van der Waals surface area (Å²) in [6.07, 6.45) is 0.